The SMILES string of the molecule is COC(=O)c1cccc(-c2ccc(/C=C(\C#N)C(=O)Nc3cccc(Cl)c3Cl)o2)c1C. The van der Waals surface area contributed by atoms with Crippen LogP contribution in [0.1, 0.15) is 21.7 Å². The van der Waals surface area contributed by atoms with Gasteiger partial charge in [0.25, 0.3) is 5.91 Å². The summed E-state index contributed by atoms with van der Waals surface area (Å²) in [5.41, 5.74) is 1.90. The van der Waals surface area contributed by atoms with E-state index in [-0.39, 0.29) is 21.3 Å². The minimum Gasteiger partial charge on any atom is -0.465 e. The van der Waals surface area contributed by atoms with Crippen molar-refractivity contribution in [3.63, 3.8) is 0 Å². The molecule has 1 amide bonds. The summed E-state index contributed by atoms with van der Waals surface area (Å²) in [7, 11) is 1.31. The van der Waals surface area contributed by atoms with Gasteiger partial charge in [-0.05, 0) is 42.8 Å². The molecule has 0 atom stereocenters. The smallest absolute Gasteiger partial charge is 0.338 e. The number of benzene rings is 2. The molecule has 3 rings (SSSR count). The summed E-state index contributed by atoms with van der Waals surface area (Å²) in [6, 6.07) is 15.1. The highest BCUT2D eigenvalue weighted by molar-refractivity contribution is 6.44. The van der Waals surface area contributed by atoms with Gasteiger partial charge in [0.15, 0.2) is 0 Å². The lowest BCUT2D eigenvalue weighted by Gasteiger charge is -2.08. The van der Waals surface area contributed by atoms with Crippen LogP contribution in [-0.2, 0) is 9.53 Å². The zero-order valence-electron chi connectivity index (χ0n) is 16.5. The van der Waals surface area contributed by atoms with Gasteiger partial charge in [0.1, 0.15) is 23.2 Å². The number of methoxy groups -OCH3 is 1. The number of carbonyl (C=O) groups excluding carboxylic acids is 2. The van der Waals surface area contributed by atoms with E-state index in [2.05, 4.69) is 5.32 Å². The second kappa shape index (κ2) is 9.52. The molecule has 8 heteroatoms. The van der Waals surface area contributed by atoms with E-state index in [1.54, 1.807) is 55.5 Å². The second-order valence-corrected chi connectivity index (χ2v) is 7.18. The van der Waals surface area contributed by atoms with Gasteiger partial charge in [0, 0.05) is 11.6 Å². The van der Waals surface area contributed by atoms with E-state index >= 15 is 0 Å². The molecule has 1 aromatic heterocycles. The number of halogens is 2. The quantitative estimate of drug-likeness (QED) is 0.294. The van der Waals surface area contributed by atoms with Crippen molar-refractivity contribution >= 4 is 46.8 Å². The van der Waals surface area contributed by atoms with Gasteiger partial charge in [-0.15, -0.1) is 0 Å². The number of nitrogens with zero attached hydrogens (tertiary/aromatic N) is 1. The zero-order chi connectivity index (χ0) is 22.5. The molecule has 0 aliphatic rings. The van der Waals surface area contributed by atoms with E-state index in [0.29, 0.717) is 28.2 Å². The predicted molar refractivity (Wildman–Crippen MR) is 119 cm³/mol. The van der Waals surface area contributed by atoms with Crippen LogP contribution in [0, 0.1) is 18.3 Å². The number of ether oxygens (including phenoxy) is 1. The van der Waals surface area contributed by atoms with Crippen LogP contribution in [0.5, 0.6) is 0 Å². The topological polar surface area (TPSA) is 92.3 Å². The molecular weight excluding hydrogens is 439 g/mol. The number of hydrogen-bond donors (Lipinski definition) is 1. The van der Waals surface area contributed by atoms with Crippen LogP contribution < -0.4 is 5.32 Å². The number of esters is 1. The first-order chi connectivity index (χ1) is 14.8. The van der Waals surface area contributed by atoms with Gasteiger partial charge in [0.05, 0.1) is 28.4 Å². The molecule has 0 saturated heterocycles. The van der Waals surface area contributed by atoms with Crippen LogP contribution in [0.4, 0.5) is 5.69 Å². The second-order valence-electron chi connectivity index (χ2n) is 6.40. The third-order valence-corrected chi connectivity index (χ3v) is 5.30. The third-order valence-electron chi connectivity index (χ3n) is 4.48. The molecule has 156 valence electrons. The summed E-state index contributed by atoms with van der Waals surface area (Å²) in [6.45, 7) is 1.78. The molecule has 2 aromatic carbocycles. The summed E-state index contributed by atoms with van der Waals surface area (Å²) in [5, 5.41) is 12.4. The molecule has 0 spiro atoms. The Balaban J connectivity index is 1.88. The third kappa shape index (κ3) is 4.80. The summed E-state index contributed by atoms with van der Waals surface area (Å²) < 4.78 is 10.6. The fourth-order valence-electron chi connectivity index (χ4n) is 2.89. The Bertz CT molecular complexity index is 1240. The maximum atomic E-state index is 12.5. The van der Waals surface area contributed by atoms with Crippen LogP contribution in [-0.4, -0.2) is 19.0 Å². The highest BCUT2D eigenvalue weighted by atomic mass is 35.5. The van der Waals surface area contributed by atoms with Crippen molar-refractivity contribution in [3.05, 3.63) is 81.0 Å². The Morgan fingerprint density at radius 2 is 1.87 bits per heavy atom. The number of nitrogens with one attached hydrogen (secondary N) is 1. The Hall–Kier alpha value is -3.53. The first kappa shape index (κ1) is 22.2. The van der Waals surface area contributed by atoms with Gasteiger partial charge >= 0.3 is 5.97 Å². The van der Waals surface area contributed by atoms with Crippen molar-refractivity contribution in [2.45, 2.75) is 6.92 Å². The van der Waals surface area contributed by atoms with Crippen molar-refractivity contribution < 1.29 is 18.7 Å². The molecule has 6 nitrogen and oxygen atoms in total. The summed E-state index contributed by atoms with van der Waals surface area (Å²) in [4.78, 5) is 24.4. The van der Waals surface area contributed by atoms with Gasteiger partial charge in [-0.25, -0.2) is 4.79 Å². The summed E-state index contributed by atoms with van der Waals surface area (Å²) >= 11 is 12.0. The van der Waals surface area contributed by atoms with Gasteiger partial charge in [-0.1, -0.05) is 41.4 Å². The average molecular weight is 455 g/mol. The molecular formula is C23H16Cl2N2O4. The van der Waals surface area contributed by atoms with E-state index in [9.17, 15) is 14.9 Å². The number of amides is 1. The first-order valence-corrected chi connectivity index (χ1v) is 9.76. The molecule has 0 radical (unpaired) electrons. The van der Waals surface area contributed by atoms with Crippen molar-refractivity contribution in [2.24, 2.45) is 0 Å². The normalized spacial score (nSPS) is 11.0. The molecule has 3 aromatic rings. The number of nitriles is 1. The average Bonchev–Trinajstić information content (AvgIpc) is 3.23. The fourth-order valence-corrected chi connectivity index (χ4v) is 3.24. The first-order valence-electron chi connectivity index (χ1n) is 9.01. The van der Waals surface area contributed by atoms with Crippen LogP contribution in [0.2, 0.25) is 10.0 Å². The van der Waals surface area contributed by atoms with Gasteiger partial charge < -0.3 is 14.5 Å². The van der Waals surface area contributed by atoms with Crippen molar-refractivity contribution in [1.82, 2.24) is 0 Å². The maximum Gasteiger partial charge on any atom is 0.338 e. The molecule has 0 aliphatic heterocycles. The lowest BCUT2D eigenvalue weighted by Crippen LogP contribution is -2.13. The van der Waals surface area contributed by atoms with E-state index in [1.165, 1.54) is 13.2 Å². The molecule has 0 saturated carbocycles. The Kier molecular flexibility index (Phi) is 6.81. The molecule has 31 heavy (non-hydrogen) atoms. The minimum absolute atomic E-state index is 0.177. The van der Waals surface area contributed by atoms with Crippen LogP contribution in [0.25, 0.3) is 17.4 Å². The molecule has 0 fully saturated rings. The predicted octanol–water partition coefficient (Wildman–Crippen LogP) is 5.89. The Morgan fingerprint density at radius 3 is 2.58 bits per heavy atom. The van der Waals surface area contributed by atoms with E-state index in [1.807, 2.05) is 6.07 Å². The molecule has 1 N–H and O–H groups in total. The largest absolute Gasteiger partial charge is 0.465 e. The van der Waals surface area contributed by atoms with Crippen LogP contribution >= 0.6 is 23.2 Å². The zero-order valence-corrected chi connectivity index (χ0v) is 18.0. The lowest BCUT2D eigenvalue weighted by molar-refractivity contribution is -0.112. The standard InChI is InChI=1S/C23H16Cl2N2O4/c1-13-16(5-3-6-17(13)23(29)30-2)20-10-9-15(31-20)11-14(12-26)22(28)27-19-8-4-7-18(24)21(19)25/h3-11H,1-2H3,(H,27,28)/b14-11+. The van der Waals surface area contributed by atoms with Gasteiger partial charge in [-0.3, -0.25) is 4.79 Å². The van der Waals surface area contributed by atoms with Crippen molar-refractivity contribution in [3.8, 4) is 17.4 Å². The highest BCUT2D eigenvalue weighted by Gasteiger charge is 2.16. The lowest BCUT2D eigenvalue weighted by atomic mass is 10.0. The molecule has 0 aliphatic carbocycles. The van der Waals surface area contributed by atoms with Crippen LogP contribution in [0.15, 0.2) is 58.5 Å². The summed E-state index contributed by atoms with van der Waals surface area (Å²) in [6.07, 6.45) is 1.32. The van der Waals surface area contributed by atoms with E-state index in [0.717, 1.165) is 0 Å². The number of rotatable bonds is 5. The fraction of sp³-hybridized carbons (Fsp3) is 0.0870. The number of anilines is 1. The minimum atomic E-state index is -0.659. The highest BCUT2D eigenvalue weighted by Crippen LogP contribution is 2.31. The van der Waals surface area contributed by atoms with Gasteiger partial charge in [-0.2, -0.15) is 5.26 Å². The van der Waals surface area contributed by atoms with Crippen molar-refractivity contribution in [1.29, 1.82) is 5.26 Å². The molecule has 1 heterocycles. The maximum absolute atomic E-state index is 12.5. The molecule has 0 unspecified atom stereocenters. The Labute approximate surface area is 188 Å². The summed E-state index contributed by atoms with van der Waals surface area (Å²) in [5.74, 6) is -0.338. The van der Waals surface area contributed by atoms with E-state index in [4.69, 9.17) is 32.4 Å². The van der Waals surface area contributed by atoms with Gasteiger partial charge in [0.2, 0.25) is 0 Å². The van der Waals surface area contributed by atoms with E-state index < -0.39 is 11.9 Å². The molecule has 0 bridgehead atoms. The monoisotopic (exact) mass is 454 g/mol. The number of hydrogen-bond acceptors (Lipinski definition) is 5. The number of furan rings is 1. The van der Waals surface area contributed by atoms with Crippen molar-refractivity contribution in [2.75, 3.05) is 12.4 Å². The Morgan fingerprint density at radius 1 is 1.13 bits per heavy atom. The number of carbonyl (C=O) groups is 2. The van der Waals surface area contributed by atoms with Crippen LogP contribution in [0.3, 0.4) is 0 Å².